The van der Waals surface area contributed by atoms with Crippen LogP contribution in [0.1, 0.15) is 34.6 Å². The average Bonchev–Trinajstić information content (AvgIpc) is 2.23. The Morgan fingerprint density at radius 2 is 1.84 bits per heavy atom. The highest BCUT2D eigenvalue weighted by Crippen LogP contribution is 2.19. The number of carbonyl (C=O) groups excluding carboxylic acids is 1. The van der Waals surface area contributed by atoms with Crippen LogP contribution in [0.15, 0.2) is 0 Å². The van der Waals surface area contributed by atoms with Crippen LogP contribution in [0.3, 0.4) is 0 Å². The third-order valence-electron chi connectivity index (χ3n) is 3.64. The highest BCUT2D eigenvalue weighted by Gasteiger charge is 2.29. The van der Waals surface area contributed by atoms with Crippen molar-refractivity contribution in [1.82, 2.24) is 14.5 Å². The predicted octanol–water partition coefficient (Wildman–Crippen LogP) is 1.68. The number of hydrogen-bond donors (Lipinski definition) is 0. The Kier molecular flexibility index (Phi) is 5.78. The molecule has 1 fully saturated rings. The van der Waals surface area contributed by atoms with Gasteiger partial charge in [0.2, 0.25) is 5.91 Å². The maximum absolute atomic E-state index is 12.3. The summed E-state index contributed by atoms with van der Waals surface area (Å²) in [5, 5.41) is 0. The van der Waals surface area contributed by atoms with Gasteiger partial charge in [-0.15, -0.1) is 0 Å². The first-order chi connectivity index (χ1) is 8.60. The van der Waals surface area contributed by atoms with Crippen LogP contribution >= 0.6 is 9.39 Å². The van der Waals surface area contributed by atoms with Gasteiger partial charge in [-0.25, -0.2) is 0 Å². The molecule has 0 aromatic heterocycles. The van der Waals surface area contributed by atoms with E-state index in [1.165, 1.54) is 0 Å². The first-order valence-electron chi connectivity index (χ1n) is 7.09. The Labute approximate surface area is 120 Å². The Morgan fingerprint density at radius 1 is 1.26 bits per heavy atom. The summed E-state index contributed by atoms with van der Waals surface area (Å²) in [6.07, 6.45) is 0. The molecule has 0 aliphatic carbocycles. The summed E-state index contributed by atoms with van der Waals surface area (Å²) in [5.74, 6) is 0.228. The number of hydrogen-bond acceptors (Lipinski definition) is 3. The molecule has 1 saturated heterocycles. The van der Waals surface area contributed by atoms with Crippen molar-refractivity contribution in [2.75, 3.05) is 33.2 Å². The van der Waals surface area contributed by atoms with Gasteiger partial charge in [0.25, 0.3) is 0 Å². The van der Waals surface area contributed by atoms with E-state index in [4.69, 9.17) is 0 Å². The highest BCUT2D eigenvalue weighted by molar-refractivity contribution is 7.13. The Bertz CT molecular complexity index is 316. The molecule has 1 aliphatic rings. The fourth-order valence-electron chi connectivity index (χ4n) is 2.54. The minimum absolute atomic E-state index is 0.155. The minimum atomic E-state index is 0.155. The van der Waals surface area contributed by atoms with Crippen LogP contribution in [0.2, 0.25) is 0 Å². The van der Waals surface area contributed by atoms with Crippen molar-refractivity contribution in [1.29, 1.82) is 0 Å². The average molecular weight is 287 g/mol. The lowest BCUT2D eigenvalue weighted by atomic mass is 9.96. The molecule has 0 N–H and O–H groups in total. The molecule has 1 amide bonds. The first kappa shape index (κ1) is 16.9. The summed E-state index contributed by atoms with van der Waals surface area (Å²) >= 11 is 0. The molecule has 112 valence electrons. The van der Waals surface area contributed by atoms with Gasteiger partial charge in [-0.05, 0) is 19.3 Å². The molecule has 1 heterocycles. The lowest BCUT2D eigenvalue weighted by Crippen LogP contribution is -2.55. The SMILES string of the molecule is CC1CN(CC(=O)N(C)CC(C)(C)C)[C@@H](C)CN1P. The second kappa shape index (κ2) is 6.51. The predicted molar refractivity (Wildman–Crippen MR) is 84.0 cm³/mol. The van der Waals surface area contributed by atoms with E-state index in [9.17, 15) is 4.79 Å². The second-order valence-corrected chi connectivity index (χ2v) is 7.80. The van der Waals surface area contributed by atoms with Crippen LogP contribution < -0.4 is 0 Å². The molecule has 5 heteroatoms. The molecule has 0 saturated carbocycles. The van der Waals surface area contributed by atoms with Crippen molar-refractivity contribution in [3.05, 3.63) is 0 Å². The first-order valence-corrected chi connectivity index (χ1v) is 7.61. The van der Waals surface area contributed by atoms with E-state index in [1.807, 2.05) is 11.9 Å². The van der Waals surface area contributed by atoms with Crippen LogP contribution in [0.4, 0.5) is 0 Å². The van der Waals surface area contributed by atoms with Gasteiger partial charge in [0.1, 0.15) is 0 Å². The molecule has 0 bridgehead atoms. The fraction of sp³-hybridized carbons (Fsp3) is 0.929. The number of carbonyl (C=O) groups is 1. The van der Waals surface area contributed by atoms with Gasteiger partial charge in [-0.1, -0.05) is 30.2 Å². The Hall–Kier alpha value is -0.180. The van der Waals surface area contributed by atoms with Crippen LogP contribution in [0.5, 0.6) is 0 Å². The zero-order valence-electron chi connectivity index (χ0n) is 13.3. The lowest BCUT2D eigenvalue weighted by molar-refractivity contribution is -0.133. The normalized spacial score (nSPS) is 26.5. The van der Waals surface area contributed by atoms with E-state index >= 15 is 0 Å². The summed E-state index contributed by atoms with van der Waals surface area (Å²) in [7, 11) is 4.70. The largest absolute Gasteiger partial charge is 0.344 e. The molecule has 0 aromatic rings. The Morgan fingerprint density at radius 3 is 2.37 bits per heavy atom. The second-order valence-electron chi connectivity index (χ2n) is 7.13. The fourth-order valence-corrected chi connectivity index (χ4v) is 2.94. The van der Waals surface area contributed by atoms with Crippen LogP contribution in [-0.4, -0.2) is 65.7 Å². The van der Waals surface area contributed by atoms with Crippen molar-refractivity contribution < 1.29 is 4.79 Å². The topological polar surface area (TPSA) is 26.8 Å². The van der Waals surface area contributed by atoms with Crippen molar-refractivity contribution in [3.8, 4) is 0 Å². The van der Waals surface area contributed by atoms with Crippen LogP contribution in [0, 0.1) is 5.41 Å². The Balaban J connectivity index is 2.52. The summed E-state index contributed by atoms with van der Waals surface area (Å²) in [5.41, 5.74) is 0.155. The van der Waals surface area contributed by atoms with E-state index in [-0.39, 0.29) is 11.3 Å². The van der Waals surface area contributed by atoms with Gasteiger partial charge in [-0.3, -0.25) is 14.4 Å². The number of nitrogens with zero attached hydrogens (tertiary/aromatic N) is 3. The maximum Gasteiger partial charge on any atom is 0.236 e. The van der Waals surface area contributed by atoms with E-state index in [2.05, 4.69) is 53.6 Å². The van der Waals surface area contributed by atoms with E-state index in [0.29, 0.717) is 18.6 Å². The van der Waals surface area contributed by atoms with Gasteiger partial charge < -0.3 is 4.90 Å². The molecular formula is C14H30N3OP. The molecule has 3 atom stereocenters. The minimum Gasteiger partial charge on any atom is -0.344 e. The molecule has 2 unspecified atom stereocenters. The zero-order valence-corrected chi connectivity index (χ0v) is 14.5. The van der Waals surface area contributed by atoms with Crippen molar-refractivity contribution in [2.24, 2.45) is 5.41 Å². The van der Waals surface area contributed by atoms with Gasteiger partial charge in [-0.2, -0.15) is 0 Å². The van der Waals surface area contributed by atoms with Gasteiger partial charge >= 0.3 is 0 Å². The van der Waals surface area contributed by atoms with E-state index in [1.54, 1.807) is 0 Å². The third-order valence-corrected chi connectivity index (χ3v) is 4.36. The monoisotopic (exact) mass is 287 g/mol. The molecule has 1 aliphatic heterocycles. The molecule has 19 heavy (non-hydrogen) atoms. The van der Waals surface area contributed by atoms with Gasteiger partial charge in [0.15, 0.2) is 0 Å². The molecular weight excluding hydrogens is 257 g/mol. The number of likely N-dealkylation sites (N-methyl/N-ethyl adjacent to an activating group) is 1. The number of amides is 1. The van der Waals surface area contributed by atoms with E-state index in [0.717, 1.165) is 19.6 Å². The van der Waals surface area contributed by atoms with Crippen molar-refractivity contribution >= 4 is 15.3 Å². The summed E-state index contributed by atoms with van der Waals surface area (Å²) in [6.45, 7) is 14.2. The molecule has 1 rings (SSSR count). The smallest absolute Gasteiger partial charge is 0.236 e. The van der Waals surface area contributed by atoms with Gasteiger partial charge in [0, 0.05) is 38.8 Å². The lowest BCUT2D eigenvalue weighted by Gasteiger charge is -2.42. The molecule has 0 aromatic carbocycles. The maximum atomic E-state index is 12.3. The van der Waals surface area contributed by atoms with E-state index < -0.39 is 0 Å². The standard InChI is InChI=1S/C14H30N3OP/c1-11-8-17(19)12(2)7-16(11)9-13(18)15(6)10-14(3,4)5/h11-12H,7-10,19H2,1-6H3/t11-,12?/m0/s1. The number of piperazine rings is 1. The number of rotatable bonds is 3. The van der Waals surface area contributed by atoms with Crippen molar-refractivity contribution in [2.45, 2.75) is 46.7 Å². The highest BCUT2D eigenvalue weighted by atomic mass is 31.0. The molecule has 4 nitrogen and oxygen atoms in total. The summed E-state index contributed by atoms with van der Waals surface area (Å²) in [6, 6.07) is 0.919. The molecule has 0 radical (unpaired) electrons. The molecule has 0 spiro atoms. The van der Waals surface area contributed by atoms with Crippen molar-refractivity contribution in [3.63, 3.8) is 0 Å². The van der Waals surface area contributed by atoms with Crippen LogP contribution in [-0.2, 0) is 4.79 Å². The quantitative estimate of drug-likeness (QED) is 0.739. The zero-order chi connectivity index (χ0) is 14.8. The summed E-state index contributed by atoms with van der Waals surface area (Å²) < 4.78 is 2.28. The van der Waals surface area contributed by atoms with Gasteiger partial charge in [0.05, 0.1) is 6.54 Å². The summed E-state index contributed by atoms with van der Waals surface area (Å²) in [4.78, 5) is 16.5. The van der Waals surface area contributed by atoms with Crippen LogP contribution in [0.25, 0.3) is 0 Å². The third kappa shape index (κ3) is 5.37.